The molecular formula is C34H46O5. The van der Waals surface area contributed by atoms with Crippen LogP contribution in [0, 0.1) is 28.1 Å². The molecule has 3 aliphatic rings. The highest BCUT2D eigenvalue weighted by molar-refractivity contribution is 6.36. The van der Waals surface area contributed by atoms with Gasteiger partial charge in [-0.25, -0.2) is 0 Å². The Morgan fingerprint density at radius 1 is 1.15 bits per heavy atom. The lowest BCUT2D eigenvalue weighted by atomic mass is 9.39. The van der Waals surface area contributed by atoms with E-state index in [1.165, 1.54) is 5.57 Å². The standard InChI is InChI=1S/C34H46O5/c1-21(2)13-12-18-33(8)24(17-16-22(3)4)20-32(7)29-25(19-26(39-29)31(5,6)38)28(36)34(33,30(32)37)27(35)23-14-10-9-11-15-23/h9-11,14-16,21,24,26,38H,12-13,17-20H2,1-8H3/t24-,26-,32+,33+,34-/m0/s1. The van der Waals surface area contributed by atoms with Crippen LogP contribution in [-0.4, -0.2) is 34.2 Å². The maximum atomic E-state index is 14.9. The number of Topliss-reactive ketones (excluding diaryl/α,β-unsaturated/α-hetero) is 3. The molecular weight excluding hydrogens is 488 g/mol. The normalized spacial score (nSPS) is 32.3. The number of allylic oxidation sites excluding steroid dienone is 3. The number of hydrogen-bond donors (Lipinski definition) is 1. The zero-order valence-electron chi connectivity index (χ0n) is 25.0. The molecule has 0 spiro atoms. The molecule has 212 valence electrons. The Bertz CT molecular complexity index is 1210. The lowest BCUT2D eigenvalue weighted by Crippen LogP contribution is -2.69. The lowest BCUT2D eigenvalue weighted by Gasteiger charge is -2.60. The van der Waals surface area contributed by atoms with E-state index in [0.717, 1.165) is 12.8 Å². The summed E-state index contributed by atoms with van der Waals surface area (Å²) in [5, 5.41) is 10.8. The molecule has 2 aliphatic carbocycles. The van der Waals surface area contributed by atoms with Crippen LogP contribution in [0.3, 0.4) is 0 Å². The first kappa shape index (κ1) is 29.5. The molecule has 4 rings (SSSR count). The van der Waals surface area contributed by atoms with Gasteiger partial charge in [-0.15, -0.1) is 0 Å². The number of rotatable bonds is 9. The van der Waals surface area contributed by atoms with Gasteiger partial charge in [0.25, 0.3) is 0 Å². The van der Waals surface area contributed by atoms with Crippen LogP contribution in [0.25, 0.3) is 0 Å². The van der Waals surface area contributed by atoms with E-state index in [1.54, 1.807) is 38.1 Å². The summed E-state index contributed by atoms with van der Waals surface area (Å²) < 4.78 is 6.31. The van der Waals surface area contributed by atoms with Crippen molar-refractivity contribution < 1.29 is 24.2 Å². The molecule has 1 saturated carbocycles. The van der Waals surface area contributed by atoms with Crippen molar-refractivity contribution in [3.63, 3.8) is 0 Å². The highest BCUT2D eigenvalue weighted by atomic mass is 16.5. The summed E-state index contributed by atoms with van der Waals surface area (Å²) in [5.74, 6) is -0.358. The third kappa shape index (κ3) is 4.55. The van der Waals surface area contributed by atoms with Gasteiger partial charge in [0.15, 0.2) is 22.8 Å². The Hall–Kier alpha value is -2.53. The van der Waals surface area contributed by atoms with Gasteiger partial charge in [-0.3, -0.25) is 14.4 Å². The molecule has 1 aromatic rings. The second-order valence-corrected chi connectivity index (χ2v) is 13.8. The molecule has 0 amide bonds. The molecule has 2 bridgehead atoms. The van der Waals surface area contributed by atoms with Crippen molar-refractivity contribution in [3.8, 4) is 0 Å². The first-order chi connectivity index (χ1) is 18.1. The monoisotopic (exact) mass is 534 g/mol. The van der Waals surface area contributed by atoms with E-state index in [4.69, 9.17) is 4.74 Å². The summed E-state index contributed by atoms with van der Waals surface area (Å²) >= 11 is 0. The van der Waals surface area contributed by atoms with Gasteiger partial charge in [-0.2, -0.15) is 0 Å². The smallest absolute Gasteiger partial charge is 0.184 e. The maximum absolute atomic E-state index is 14.9. The third-order valence-electron chi connectivity index (χ3n) is 9.75. The summed E-state index contributed by atoms with van der Waals surface area (Å²) in [7, 11) is 0. The van der Waals surface area contributed by atoms with E-state index < -0.39 is 39.5 Å². The first-order valence-corrected chi connectivity index (χ1v) is 14.6. The summed E-state index contributed by atoms with van der Waals surface area (Å²) in [6, 6.07) is 8.85. The second-order valence-electron chi connectivity index (χ2n) is 13.8. The fraction of sp³-hybridized carbons (Fsp3) is 0.618. The van der Waals surface area contributed by atoms with E-state index in [0.29, 0.717) is 42.1 Å². The number of carbonyl (C=O) groups excluding carboxylic acids is 3. The number of benzene rings is 1. The van der Waals surface area contributed by atoms with E-state index in [2.05, 4.69) is 33.8 Å². The van der Waals surface area contributed by atoms with E-state index >= 15 is 0 Å². The minimum atomic E-state index is -1.84. The number of hydrogen-bond acceptors (Lipinski definition) is 5. The predicted molar refractivity (Wildman–Crippen MR) is 153 cm³/mol. The van der Waals surface area contributed by atoms with Crippen LogP contribution in [-0.2, 0) is 14.3 Å². The van der Waals surface area contributed by atoms with E-state index in [-0.39, 0.29) is 18.1 Å². The van der Waals surface area contributed by atoms with Crippen LogP contribution < -0.4 is 0 Å². The minimum absolute atomic E-state index is 0.0855. The van der Waals surface area contributed by atoms with E-state index in [9.17, 15) is 19.5 Å². The topological polar surface area (TPSA) is 80.7 Å². The van der Waals surface area contributed by atoms with Crippen LogP contribution in [0.2, 0.25) is 0 Å². The molecule has 39 heavy (non-hydrogen) atoms. The Kier molecular flexibility index (Phi) is 7.66. The highest BCUT2D eigenvalue weighted by Gasteiger charge is 2.76. The number of fused-ring (bicyclic) bond motifs is 3. The fourth-order valence-electron chi connectivity index (χ4n) is 7.42. The van der Waals surface area contributed by atoms with Crippen molar-refractivity contribution in [2.24, 2.45) is 28.1 Å². The van der Waals surface area contributed by atoms with Gasteiger partial charge in [0, 0.05) is 17.6 Å². The van der Waals surface area contributed by atoms with E-state index in [1.807, 2.05) is 19.9 Å². The van der Waals surface area contributed by atoms with Crippen molar-refractivity contribution in [1.82, 2.24) is 0 Å². The van der Waals surface area contributed by atoms with Gasteiger partial charge in [-0.1, -0.05) is 75.6 Å². The zero-order valence-corrected chi connectivity index (χ0v) is 25.0. The number of ether oxygens (including phenoxy) is 1. The Morgan fingerprint density at radius 3 is 2.36 bits per heavy atom. The fourth-order valence-corrected chi connectivity index (χ4v) is 7.42. The van der Waals surface area contributed by atoms with Gasteiger partial charge in [0.1, 0.15) is 11.9 Å². The number of ketones is 3. The lowest BCUT2D eigenvalue weighted by molar-refractivity contribution is -0.167. The highest BCUT2D eigenvalue weighted by Crippen LogP contribution is 2.68. The van der Waals surface area contributed by atoms with Crippen molar-refractivity contribution in [2.45, 2.75) is 106 Å². The predicted octanol–water partition coefficient (Wildman–Crippen LogP) is 7.04. The third-order valence-corrected chi connectivity index (χ3v) is 9.75. The Balaban J connectivity index is 2.00. The van der Waals surface area contributed by atoms with Crippen LogP contribution in [0.1, 0.15) is 104 Å². The molecule has 1 fully saturated rings. The molecule has 5 nitrogen and oxygen atoms in total. The van der Waals surface area contributed by atoms with Crippen LogP contribution in [0.4, 0.5) is 0 Å². The van der Waals surface area contributed by atoms with Crippen molar-refractivity contribution >= 4 is 17.3 Å². The first-order valence-electron chi connectivity index (χ1n) is 14.6. The molecule has 5 atom stereocenters. The van der Waals surface area contributed by atoms with Gasteiger partial charge in [0.2, 0.25) is 0 Å². The molecule has 0 unspecified atom stereocenters. The van der Waals surface area contributed by atoms with Gasteiger partial charge < -0.3 is 9.84 Å². The summed E-state index contributed by atoms with van der Waals surface area (Å²) in [6.07, 6.45) is 5.30. The summed E-state index contributed by atoms with van der Waals surface area (Å²) in [6.45, 7) is 15.7. The number of carbonyl (C=O) groups is 3. The molecule has 0 radical (unpaired) electrons. The van der Waals surface area contributed by atoms with Crippen molar-refractivity contribution in [3.05, 3.63) is 58.9 Å². The van der Waals surface area contributed by atoms with Crippen LogP contribution in [0.5, 0.6) is 0 Å². The summed E-state index contributed by atoms with van der Waals surface area (Å²) in [5.41, 5.74) is -3.06. The van der Waals surface area contributed by atoms with Crippen molar-refractivity contribution in [2.75, 3.05) is 0 Å². The SMILES string of the molecule is CC(C)=CC[C@H]1C[C@@]2(C)C(=O)[C@](C(=O)c3ccccc3)(C(=O)C3=C2O[C@H](C(C)(C)O)C3)[C@]1(C)CCCC(C)C. The van der Waals surface area contributed by atoms with Gasteiger partial charge >= 0.3 is 0 Å². The average molecular weight is 535 g/mol. The molecule has 0 saturated heterocycles. The Morgan fingerprint density at radius 2 is 1.79 bits per heavy atom. The molecule has 1 aliphatic heterocycles. The van der Waals surface area contributed by atoms with Crippen LogP contribution >= 0.6 is 0 Å². The molecule has 1 heterocycles. The van der Waals surface area contributed by atoms with Gasteiger partial charge in [0.05, 0.1) is 11.0 Å². The minimum Gasteiger partial charge on any atom is -0.490 e. The molecule has 0 aromatic heterocycles. The average Bonchev–Trinajstić information content (AvgIpc) is 3.32. The summed E-state index contributed by atoms with van der Waals surface area (Å²) in [4.78, 5) is 44.6. The molecule has 5 heteroatoms. The zero-order chi connectivity index (χ0) is 29.0. The maximum Gasteiger partial charge on any atom is 0.184 e. The number of aliphatic hydroxyl groups is 1. The quantitative estimate of drug-likeness (QED) is 0.209. The largest absolute Gasteiger partial charge is 0.490 e. The van der Waals surface area contributed by atoms with Crippen LogP contribution in [0.15, 0.2) is 53.3 Å². The molecule has 1 aromatic carbocycles. The Labute approximate surface area is 234 Å². The molecule has 1 N–H and O–H groups in total. The van der Waals surface area contributed by atoms with Gasteiger partial charge in [-0.05, 0) is 71.1 Å². The second kappa shape index (κ2) is 10.1. The van der Waals surface area contributed by atoms with Crippen molar-refractivity contribution in [1.29, 1.82) is 0 Å².